The number of aromatic hydroxyl groups is 1. The fourth-order valence-electron chi connectivity index (χ4n) is 2.70. The number of carbonyl (C=O) groups is 3. The fraction of sp³-hybridized carbons (Fsp3) is 0.176. The third-order valence-electron chi connectivity index (χ3n) is 3.93. The number of aliphatic imine (C=N–C) groups is 1. The van der Waals surface area contributed by atoms with Gasteiger partial charge in [0.25, 0.3) is 11.8 Å². The lowest BCUT2D eigenvalue weighted by molar-refractivity contribution is -0.194. The molecule has 0 unspecified atom stereocenters. The molecule has 1 N–H and O–H groups in total. The molecule has 4 rings (SSSR count). The van der Waals surface area contributed by atoms with E-state index in [0.29, 0.717) is 22.2 Å². The smallest absolute Gasteiger partial charge is 0.364 e. The number of phenolic OH excluding ortho intramolecular Hbond substituents is 1. The molecule has 2 amide bonds. The van der Waals surface area contributed by atoms with E-state index in [9.17, 15) is 19.5 Å². The van der Waals surface area contributed by atoms with Crippen LogP contribution >= 0.6 is 0 Å². The molecule has 2 heterocycles. The van der Waals surface area contributed by atoms with Crippen LogP contribution in [0.25, 0.3) is 0 Å². The molecule has 8 heteroatoms. The second-order valence-electron chi connectivity index (χ2n) is 5.63. The first-order valence-electron chi connectivity index (χ1n) is 7.60. The minimum atomic E-state index is -0.848. The van der Waals surface area contributed by atoms with Gasteiger partial charge in [-0.2, -0.15) is 0 Å². The highest BCUT2D eigenvalue weighted by Crippen LogP contribution is 2.38. The van der Waals surface area contributed by atoms with E-state index >= 15 is 0 Å². The van der Waals surface area contributed by atoms with Crippen molar-refractivity contribution in [3.05, 3.63) is 41.7 Å². The molecule has 1 fully saturated rings. The highest BCUT2D eigenvalue weighted by molar-refractivity contribution is 6.15. The minimum Gasteiger partial charge on any atom is -0.508 e. The summed E-state index contributed by atoms with van der Waals surface area (Å²) in [6.07, 6.45) is 3.66. The van der Waals surface area contributed by atoms with Crippen molar-refractivity contribution in [3.8, 4) is 11.5 Å². The molecular formula is C17H12N2O6. The molecule has 0 aromatic heterocycles. The Morgan fingerprint density at radius 2 is 2.00 bits per heavy atom. The number of amides is 2. The zero-order valence-electron chi connectivity index (χ0n) is 12.9. The molecule has 0 saturated carbocycles. The number of phenols is 1. The van der Waals surface area contributed by atoms with Crippen LogP contribution in [0.4, 0.5) is 5.69 Å². The standard InChI is InChI=1S/C17H12N2O6/c20-9-4-5-11-13(8-9)24-16-10(2-1-3-12(16)18-11)17(23)25-19-14(21)6-7-15(19)22/h1,3-5,8,20H,2,6-7H2. The fourth-order valence-corrected chi connectivity index (χ4v) is 2.70. The maximum atomic E-state index is 12.4. The summed E-state index contributed by atoms with van der Waals surface area (Å²) in [6.45, 7) is 0. The van der Waals surface area contributed by atoms with Crippen LogP contribution in [0.15, 0.2) is 46.7 Å². The zero-order chi connectivity index (χ0) is 17.6. The number of benzene rings is 1. The van der Waals surface area contributed by atoms with Crippen LogP contribution in [0.2, 0.25) is 0 Å². The van der Waals surface area contributed by atoms with E-state index in [0.717, 1.165) is 0 Å². The molecular weight excluding hydrogens is 328 g/mol. The molecule has 2 aliphatic heterocycles. The summed E-state index contributed by atoms with van der Waals surface area (Å²) in [6, 6.07) is 4.46. The highest BCUT2D eigenvalue weighted by Gasteiger charge is 2.35. The Kier molecular flexibility index (Phi) is 3.38. The van der Waals surface area contributed by atoms with E-state index in [1.807, 2.05) is 0 Å². The van der Waals surface area contributed by atoms with Crippen molar-refractivity contribution in [1.82, 2.24) is 5.06 Å². The van der Waals surface area contributed by atoms with Crippen molar-refractivity contribution in [3.63, 3.8) is 0 Å². The SMILES string of the molecule is O=C(ON1C(=O)CCC1=O)C1=C2Oc3cc(O)ccc3N=C2C=CC1. The van der Waals surface area contributed by atoms with Crippen LogP contribution in [0.3, 0.4) is 0 Å². The first-order valence-corrected chi connectivity index (χ1v) is 7.60. The molecule has 3 aliphatic rings. The van der Waals surface area contributed by atoms with Gasteiger partial charge in [-0.1, -0.05) is 6.08 Å². The van der Waals surface area contributed by atoms with Crippen LogP contribution in [-0.4, -0.2) is 33.7 Å². The van der Waals surface area contributed by atoms with Gasteiger partial charge in [-0.05, 0) is 18.2 Å². The molecule has 1 aliphatic carbocycles. The van der Waals surface area contributed by atoms with Gasteiger partial charge in [-0.25, -0.2) is 9.79 Å². The number of hydroxylamine groups is 2. The molecule has 0 radical (unpaired) electrons. The topological polar surface area (TPSA) is 106 Å². The number of fused-ring (bicyclic) bond motifs is 2. The molecule has 1 saturated heterocycles. The van der Waals surface area contributed by atoms with E-state index in [-0.39, 0.29) is 36.3 Å². The summed E-state index contributed by atoms with van der Waals surface area (Å²) in [5.74, 6) is -1.47. The van der Waals surface area contributed by atoms with Gasteiger partial charge >= 0.3 is 5.97 Å². The Morgan fingerprint density at radius 3 is 2.76 bits per heavy atom. The number of nitrogens with zero attached hydrogens (tertiary/aromatic N) is 2. The third kappa shape index (κ3) is 2.57. The number of allylic oxidation sites excluding steroid dienone is 2. The van der Waals surface area contributed by atoms with Crippen molar-refractivity contribution in [2.45, 2.75) is 19.3 Å². The van der Waals surface area contributed by atoms with Gasteiger partial charge in [0, 0.05) is 25.3 Å². The van der Waals surface area contributed by atoms with E-state index in [1.54, 1.807) is 18.2 Å². The normalized spacial score (nSPS) is 18.6. The average Bonchev–Trinajstić information content (AvgIpc) is 2.91. The molecule has 0 spiro atoms. The first-order chi connectivity index (χ1) is 12.0. The van der Waals surface area contributed by atoms with E-state index < -0.39 is 17.8 Å². The van der Waals surface area contributed by atoms with Crippen molar-refractivity contribution in [2.24, 2.45) is 4.99 Å². The predicted octanol–water partition coefficient (Wildman–Crippen LogP) is 1.68. The van der Waals surface area contributed by atoms with Crippen molar-refractivity contribution >= 4 is 29.2 Å². The van der Waals surface area contributed by atoms with E-state index in [1.165, 1.54) is 12.1 Å². The molecule has 126 valence electrons. The third-order valence-corrected chi connectivity index (χ3v) is 3.93. The Hall–Kier alpha value is -3.42. The largest absolute Gasteiger partial charge is 0.508 e. The molecule has 8 nitrogen and oxygen atoms in total. The minimum absolute atomic E-state index is 0.00161. The lowest BCUT2D eigenvalue weighted by Crippen LogP contribution is -2.33. The van der Waals surface area contributed by atoms with Crippen LogP contribution in [0, 0.1) is 0 Å². The summed E-state index contributed by atoms with van der Waals surface area (Å²) in [5.41, 5.74) is 1.08. The predicted molar refractivity (Wildman–Crippen MR) is 83.8 cm³/mol. The highest BCUT2D eigenvalue weighted by atomic mass is 16.7. The second kappa shape index (κ2) is 5.59. The maximum Gasteiger partial charge on any atom is 0.364 e. The monoisotopic (exact) mass is 340 g/mol. The quantitative estimate of drug-likeness (QED) is 0.821. The zero-order valence-corrected chi connectivity index (χ0v) is 12.9. The second-order valence-corrected chi connectivity index (χ2v) is 5.63. The summed E-state index contributed by atoms with van der Waals surface area (Å²) in [7, 11) is 0. The van der Waals surface area contributed by atoms with Gasteiger partial charge in [0.2, 0.25) is 0 Å². The van der Waals surface area contributed by atoms with Crippen LogP contribution in [-0.2, 0) is 19.2 Å². The average molecular weight is 340 g/mol. The van der Waals surface area contributed by atoms with Crippen LogP contribution in [0.1, 0.15) is 19.3 Å². The lowest BCUT2D eigenvalue weighted by Gasteiger charge is -2.23. The Morgan fingerprint density at radius 1 is 1.24 bits per heavy atom. The number of carbonyl (C=O) groups excluding carboxylic acids is 3. The van der Waals surface area contributed by atoms with Gasteiger partial charge in [-0.15, -0.1) is 5.06 Å². The van der Waals surface area contributed by atoms with Crippen molar-refractivity contribution in [1.29, 1.82) is 0 Å². The van der Waals surface area contributed by atoms with Gasteiger partial charge in [0.05, 0.1) is 5.57 Å². The van der Waals surface area contributed by atoms with Crippen molar-refractivity contribution < 1.29 is 29.1 Å². The maximum absolute atomic E-state index is 12.4. The number of imide groups is 1. The van der Waals surface area contributed by atoms with Crippen LogP contribution < -0.4 is 4.74 Å². The molecule has 1 aromatic rings. The first kappa shape index (κ1) is 15.1. The van der Waals surface area contributed by atoms with Gasteiger partial charge in [0.15, 0.2) is 11.5 Å². The van der Waals surface area contributed by atoms with Crippen molar-refractivity contribution in [2.75, 3.05) is 0 Å². The Balaban J connectivity index is 1.67. The van der Waals surface area contributed by atoms with E-state index in [4.69, 9.17) is 9.57 Å². The van der Waals surface area contributed by atoms with E-state index in [2.05, 4.69) is 4.99 Å². The number of hydrogen-bond acceptors (Lipinski definition) is 7. The molecule has 25 heavy (non-hydrogen) atoms. The molecule has 0 atom stereocenters. The summed E-state index contributed by atoms with van der Waals surface area (Å²) in [4.78, 5) is 45.0. The molecule has 0 bridgehead atoms. The van der Waals surface area contributed by atoms with Gasteiger partial charge < -0.3 is 14.7 Å². The summed E-state index contributed by atoms with van der Waals surface area (Å²) in [5, 5.41) is 10.1. The van der Waals surface area contributed by atoms with Gasteiger partial charge in [0.1, 0.15) is 17.1 Å². The number of rotatable bonds is 2. The van der Waals surface area contributed by atoms with Crippen LogP contribution in [0.5, 0.6) is 11.5 Å². The molecule has 1 aromatic carbocycles. The lowest BCUT2D eigenvalue weighted by atomic mass is 10.0. The number of ether oxygens (including phenoxy) is 1. The summed E-state index contributed by atoms with van der Waals surface area (Å²) < 4.78 is 5.72. The Labute approximate surface area is 141 Å². The number of hydrogen-bond donors (Lipinski definition) is 1. The Bertz CT molecular complexity index is 896. The summed E-state index contributed by atoms with van der Waals surface area (Å²) >= 11 is 0. The van der Waals surface area contributed by atoms with Gasteiger partial charge in [-0.3, -0.25) is 9.59 Å².